The summed E-state index contributed by atoms with van der Waals surface area (Å²) in [5.74, 6) is -1.24. The zero-order chi connectivity index (χ0) is 8.97. The van der Waals surface area contributed by atoms with Crippen LogP contribution in [0.1, 0.15) is 0 Å². The molecule has 0 saturated carbocycles. The lowest BCUT2D eigenvalue weighted by molar-refractivity contribution is -0.134. The van der Waals surface area contributed by atoms with E-state index >= 15 is 0 Å². The van der Waals surface area contributed by atoms with Gasteiger partial charge in [0, 0.05) is 0 Å². The highest BCUT2D eigenvalue weighted by Crippen LogP contribution is 1.93. The minimum absolute atomic E-state index is 0.148. The number of nitrogens with one attached hydrogen (secondary N) is 1. The van der Waals surface area contributed by atoms with Gasteiger partial charge in [-0.25, -0.2) is 0 Å². The highest BCUT2D eigenvalue weighted by molar-refractivity contribution is 5.71. The molecule has 0 aliphatic heterocycles. The predicted molar refractivity (Wildman–Crippen MR) is 34.7 cm³/mol. The van der Waals surface area contributed by atoms with Gasteiger partial charge in [0.15, 0.2) is 0 Å². The van der Waals surface area contributed by atoms with Gasteiger partial charge in [0.1, 0.15) is 6.54 Å². The quantitative estimate of drug-likeness (QED) is 0.625. The average Bonchev–Trinajstić information content (AvgIpc) is 2.01. The summed E-state index contributed by atoms with van der Waals surface area (Å²) in [5.41, 5.74) is 0. The van der Waals surface area contributed by atoms with E-state index in [0.29, 0.717) is 0 Å². The number of halogens is 1. The standard InChI is InChI=1S/C5H4FN4O2/c6-4-8-2-9-5(10-4)7-1-3(11)12/h1H2,(H,11,12)(H,7,8,9,10). The molecule has 0 atom stereocenters. The van der Waals surface area contributed by atoms with Crippen molar-refractivity contribution in [2.24, 2.45) is 0 Å². The van der Waals surface area contributed by atoms with Gasteiger partial charge >= 0.3 is 12.0 Å². The summed E-state index contributed by atoms with van der Waals surface area (Å²) in [6, 6.07) is 0. The summed E-state index contributed by atoms with van der Waals surface area (Å²) >= 11 is 0. The smallest absolute Gasteiger partial charge is 0.322 e. The first-order valence-corrected chi connectivity index (χ1v) is 2.92. The van der Waals surface area contributed by atoms with Crippen LogP contribution in [0.4, 0.5) is 10.3 Å². The molecule has 63 valence electrons. The van der Waals surface area contributed by atoms with Gasteiger partial charge in [0.2, 0.25) is 12.3 Å². The second-order valence-corrected chi connectivity index (χ2v) is 1.78. The summed E-state index contributed by atoms with van der Waals surface area (Å²) in [7, 11) is 0. The third-order valence-corrected chi connectivity index (χ3v) is 0.894. The fourth-order valence-corrected chi connectivity index (χ4v) is 0.485. The summed E-state index contributed by atoms with van der Waals surface area (Å²) in [6.45, 7) is -0.378. The van der Waals surface area contributed by atoms with E-state index in [2.05, 4.69) is 20.3 Å². The minimum atomic E-state index is -1.09. The van der Waals surface area contributed by atoms with Gasteiger partial charge in [0.05, 0.1) is 0 Å². The molecule has 0 saturated heterocycles. The van der Waals surface area contributed by atoms with E-state index in [4.69, 9.17) is 5.11 Å². The first kappa shape index (κ1) is 8.31. The van der Waals surface area contributed by atoms with Crippen molar-refractivity contribution in [3.8, 4) is 0 Å². The maximum Gasteiger partial charge on any atom is 0.322 e. The summed E-state index contributed by atoms with van der Waals surface area (Å²) in [5, 5.41) is 10.5. The molecule has 0 fully saturated rings. The fourth-order valence-electron chi connectivity index (χ4n) is 0.485. The molecule has 0 amide bonds. The van der Waals surface area contributed by atoms with Crippen LogP contribution in [0.25, 0.3) is 0 Å². The molecular formula is C5H4FN4O2. The third kappa shape index (κ3) is 2.45. The van der Waals surface area contributed by atoms with Gasteiger partial charge in [0.25, 0.3) is 0 Å². The van der Waals surface area contributed by atoms with Gasteiger partial charge in [-0.05, 0) is 0 Å². The summed E-state index contributed by atoms with van der Waals surface area (Å²) < 4.78 is 12.2. The average molecular weight is 171 g/mol. The Labute approximate surface area is 66.5 Å². The Balaban J connectivity index is 2.57. The van der Waals surface area contributed by atoms with Crippen LogP contribution in [0, 0.1) is 12.4 Å². The molecular weight excluding hydrogens is 167 g/mol. The number of rotatable bonds is 3. The molecule has 0 unspecified atom stereocenters. The SMILES string of the molecule is O=C(O)CNc1n[c]nc(F)n1. The molecule has 7 heteroatoms. The van der Waals surface area contributed by atoms with Gasteiger partial charge in [-0.1, -0.05) is 0 Å². The number of carboxylic acids is 1. The number of carboxylic acid groups (broad SMARTS) is 1. The highest BCUT2D eigenvalue weighted by Gasteiger charge is 2.00. The predicted octanol–water partition coefficient (Wildman–Crippen LogP) is -0.693. The molecule has 2 N–H and O–H groups in total. The molecule has 1 aromatic heterocycles. The van der Waals surface area contributed by atoms with Gasteiger partial charge in [-0.15, -0.1) is 0 Å². The van der Waals surface area contributed by atoms with E-state index in [1.54, 1.807) is 0 Å². The van der Waals surface area contributed by atoms with Gasteiger partial charge < -0.3 is 10.4 Å². The van der Waals surface area contributed by atoms with Crippen LogP contribution in [0.3, 0.4) is 0 Å². The summed E-state index contributed by atoms with van der Waals surface area (Å²) in [6.07, 6.45) is 0.958. The van der Waals surface area contributed by atoms with E-state index < -0.39 is 12.0 Å². The molecule has 0 spiro atoms. The molecule has 12 heavy (non-hydrogen) atoms. The van der Waals surface area contributed by atoms with Crippen LogP contribution in [0.15, 0.2) is 0 Å². The van der Waals surface area contributed by atoms with Crippen LogP contribution >= 0.6 is 0 Å². The van der Waals surface area contributed by atoms with Crippen molar-refractivity contribution in [2.45, 2.75) is 0 Å². The van der Waals surface area contributed by atoms with E-state index in [9.17, 15) is 9.18 Å². The van der Waals surface area contributed by atoms with E-state index in [0.717, 1.165) is 0 Å². The molecule has 1 rings (SSSR count). The number of aliphatic carboxylic acids is 1. The maximum absolute atomic E-state index is 12.2. The van der Waals surface area contributed by atoms with E-state index in [1.807, 2.05) is 6.33 Å². The Morgan fingerprint density at radius 2 is 2.42 bits per heavy atom. The molecule has 0 aromatic carbocycles. The third-order valence-electron chi connectivity index (χ3n) is 0.894. The number of nitrogens with zero attached hydrogens (tertiary/aromatic N) is 3. The van der Waals surface area contributed by atoms with Crippen LogP contribution < -0.4 is 5.32 Å². The van der Waals surface area contributed by atoms with Crippen molar-refractivity contribution < 1.29 is 14.3 Å². The lowest BCUT2D eigenvalue weighted by atomic mass is 10.6. The number of aromatic nitrogens is 3. The van der Waals surface area contributed by atoms with E-state index in [-0.39, 0.29) is 12.5 Å². The largest absolute Gasteiger partial charge is 0.480 e. The lowest BCUT2D eigenvalue weighted by Crippen LogP contribution is -2.14. The van der Waals surface area contributed by atoms with E-state index in [1.165, 1.54) is 0 Å². The maximum atomic E-state index is 12.2. The zero-order valence-electron chi connectivity index (χ0n) is 5.78. The van der Waals surface area contributed by atoms with Crippen molar-refractivity contribution in [2.75, 3.05) is 11.9 Å². The van der Waals surface area contributed by atoms with Crippen molar-refractivity contribution in [1.82, 2.24) is 15.0 Å². The Kier molecular flexibility index (Phi) is 2.46. The molecule has 0 bridgehead atoms. The molecule has 0 aliphatic carbocycles. The van der Waals surface area contributed by atoms with Gasteiger partial charge in [-0.2, -0.15) is 19.3 Å². The molecule has 0 aliphatic rings. The molecule has 6 nitrogen and oxygen atoms in total. The first-order valence-electron chi connectivity index (χ1n) is 2.92. The Hall–Kier alpha value is -1.79. The number of carbonyl (C=O) groups is 1. The molecule has 1 heterocycles. The van der Waals surface area contributed by atoms with Crippen molar-refractivity contribution in [3.63, 3.8) is 0 Å². The topological polar surface area (TPSA) is 88.0 Å². The van der Waals surface area contributed by atoms with Crippen LogP contribution in [-0.2, 0) is 4.79 Å². The Morgan fingerprint density at radius 3 is 3.00 bits per heavy atom. The van der Waals surface area contributed by atoms with Crippen molar-refractivity contribution in [3.05, 3.63) is 12.4 Å². The Bertz CT molecular complexity index is 293. The van der Waals surface area contributed by atoms with Crippen molar-refractivity contribution >= 4 is 11.9 Å². The second-order valence-electron chi connectivity index (χ2n) is 1.78. The fraction of sp³-hybridized carbons (Fsp3) is 0.200. The Morgan fingerprint density at radius 1 is 1.67 bits per heavy atom. The normalized spacial score (nSPS) is 9.42. The van der Waals surface area contributed by atoms with Crippen LogP contribution in [0.2, 0.25) is 0 Å². The van der Waals surface area contributed by atoms with Crippen LogP contribution in [0.5, 0.6) is 0 Å². The molecule has 1 aromatic rings. The number of hydrogen-bond donors (Lipinski definition) is 2. The monoisotopic (exact) mass is 171 g/mol. The highest BCUT2D eigenvalue weighted by atomic mass is 19.1. The number of hydrogen-bond acceptors (Lipinski definition) is 5. The first-order chi connectivity index (χ1) is 5.68. The summed E-state index contributed by atoms with van der Waals surface area (Å²) in [4.78, 5) is 19.5. The minimum Gasteiger partial charge on any atom is -0.480 e. The lowest BCUT2D eigenvalue weighted by Gasteiger charge is -1.97. The zero-order valence-corrected chi connectivity index (χ0v) is 5.78. The van der Waals surface area contributed by atoms with Crippen LogP contribution in [-0.4, -0.2) is 32.6 Å². The second kappa shape index (κ2) is 3.56. The van der Waals surface area contributed by atoms with Gasteiger partial charge in [-0.3, -0.25) is 4.79 Å². The molecule has 1 radical (unpaired) electrons. The number of anilines is 1. The van der Waals surface area contributed by atoms with Crippen molar-refractivity contribution in [1.29, 1.82) is 0 Å².